The summed E-state index contributed by atoms with van der Waals surface area (Å²) >= 11 is 18.2. The summed E-state index contributed by atoms with van der Waals surface area (Å²) in [5, 5.41) is 4.01. The minimum Gasteiger partial charge on any atom is -0.396 e. The van der Waals surface area contributed by atoms with Gasteiger partial charge in [0.05, 0.1) is 21.1 Å². The normalized spacial score (nSPS) is 13.8. The molecule has 0 fully saturated rings. The largest absolute Gasteiger partial charge is 0.396 e. The van der Waals surface area contributed by atoms with Gasteiger partial charge in [-0.2, -0.15) is 0 Å². The highest BCUT2D eigenvalue weighted by molar-refractivity contribution is 6.39. The lowest BCUT2D eigenvalue weighted by molar-refractivity contribution is 0.426. The molecule has 1 atom stereocenters. The van der Waals surface area contributed by atoms with Crippen LogP contribution in [0.1, 0.15) is 31.7 Å². The van der Waals surface area contributed by atoms with Gasteiger partial charge < -0.3 is 11.1 Å². The molecule has 0 radical (unpaired) electrons. The Bertz CT molecular complexity index is 376. The molecule has 1 aromatic carbocycles. The third-order valence-electron chi connectivity index (χ3n) is 2.27. The maximum absolute atomic E-state index is 6.29. The summed E-state index contributed by atoms with van der Waals surface area (Å²) in [6.07, 6.45) is 0. The molecular formula is C12H17Cl3N2. The van der Waals surface area contributed by atoms with Crippen LogP contribution in [0.25, 0.3) is 0 Å². The van der Waals surface area contributed by atoms with Crippen LogP contribution in [0.15, 0.2) is 12.1 Å². The van der Waals surface area contributed by atoms with Crippen molar-refractivity contribution >= 4 is 40.5 Å². The lowest BCUT2D eigenvalue weighted by Crippen LogP contribution is -2.37. The molecule has 0 aliphatic heterocycles. The van der Waals surface area contributed by atoms with E-state index >= 15 is 0 Å². The Morgan fingerprint density at radius 3 is 2.12 bits per heavy atom. The molecule has 0 aliphatic rings. The molecule has 0 aromatic heterocycles. The van der Waals surface area contributed by atoms with Crippen molar-refractivity contribution in [3.63, 3.8) is 0 Å². The number of nitrogens with two attached hydrogens (primary N) is 1. The molecule has 0 spiro atoms. The van der Waals surface area contributed by atoms with E-state index in [1.54, 1.807) is 12.1 Å². The number of rotatable bonds is 3. The monoisotopic (exact) mass is 294 g/mol. The summed E-state index contributed by atoms with van der Waals surface area (Å²) in [6.45, 7) is 6.89. The number of benzene rings is 1. The van der Waals surface area contributed by atoms with Crippen LogP contribution in [0.2, 0.25) is 10.0 Å². The molecule has 2 nitrogen and oxygen atoms in total. The van der Waals surface area contributed by atoms with Crippen LogP contribution >= 0.6 is 34.8 Å². The molecule has 0 aliphatic carbocycles. The molecule has 0 saturated carbocycles. The zero-order valence-electron chi connectivity index (χ0n) is 10.2. The van der Waals surface area contributed by atoms with Gasteiger partial charge in [0.2, 0.25) is 0 Å². The maximum atomic E-state index is 6.29. The first-order valence-corrected chi connectivity index (χ1v) is 6.53. The van der Waals surface area contributed by atoms with Crippen LogP contribution < -0.4 is 11.1 Å². The molecule has 5 heteroatoms. The molecule has 96 valence electrons. The highest BCUT2D eigenvalue weighted by Gasteiger charge is 2.15. The van der Waals surface area contributed by atoms with E-state index in [-0.39, 0.29) is 10.9 Å². The average molecular weight is 296 g/mol. The van der Waals surface area contributed by atoms with Gasteiger partial charge in [0.25, 0.3) is 0 Å². The second kappa shape index (κ2) is 5.66. The quantitative estimate of drug-likeness (QED) is 0.646. The van der Waals surface area contributed by atoms with Gasteiger partial charge in [0.1, 0.15) is 0 Å². The van der Waals surface area contributed by atoms with Crippen molar-refractivity contribution < 1.29 is 0 Å². The maximum Gasteiger partial charge on any atom is 0.0711 e. The SMILES string of the molecule is CC(C)(C)NCC(Cl)c1cc(Cl)c(N)c(Cl)c1. The topological polar surface area (TPSA) is 38.0 Å². The number of nitrogens with one attached hydrogen (secondary N) is 1. The number of alkyl halides is 1. The molecule has 0 bridgehead atoms. The van der Waals surface area contributed by atoms with Gasteiger partial charge >= 0.3 is 0 Å². The molecule has 17 heavy (non-hydrogen) atoms. The number of halogens is 3. The summed E-state index contributed by atoms with van der Waals surface area (Å²) < 4.78 is 0. The van der Waals surface area contributed by atoms with Crippen LogP contribution in [0.5, 0.6) is 0 Å². The zero-order valence-corrected chi connectivity index (χ0v) is 12.4. The van der Waals surface area contributed by atoms with Crippen LogP contribution in [-0.4, -0.2) is 12.1 Å². The van der Waals surface area contributed by atoms with Crippen molar-refractivity contribution in [1.29, 1.82) is 0 Å². The van der Waals surface area contributed by atoms with E-state index in [2.05, 4.69) is 26.1 Å². The van der Waals surface area contributed by atoms with Crippen LogP contribution in [-0.2, 0) is 0 Å². The molecule has 0 amide bonds. The standard InChI is InChI=1S/C12H17Cl3N2/c1-12(2,3)17-6-10(15)7-4-8(13)11(16)9(14)5-7/h4-5,10,17H,6,16H2,1-3H3. The molecule has 1 rings (SSSR count). The van der Waals surface area contributed by atoms with Gasteiger partial charge in [-0.05, 0) is 38.5 Å². The fourth-order valence-corrected chi connectivity index (χ4v) is 2.01. The fraction of sp³-hybridized carbons (Fsp3) is 0.500. The van der Waals surface area contributed by atoms with Crippen molar-refractivity contribution in [2.24, 2.45) is 0 Å². The Kier molecular flexibility index (Phi) is 4.96. The first-order valence-electron chi connectivity index (χ1n) is 5.34. The smallest absolute Gasteiger partial charge is 0.0711 e. The van der Waals surface area contributed by atoms with Crippen LogP contribution in [0.4, 0.5) is 5.69 Å². The van der Waals surface area contributed by atoms with Crippen molar-refractivity contribution in [2.75, 3.05) is 12.3 Å². The summed E-state index contributed by atoms with van der Waals surface area (Å²) in [5.74, 6) is 0. The van der Waals surface area contributed by atoms with Crippen molar-refractivity contribution in [2.45, 2.75) is 31.7 Å². The number of hydrogen-bond acceptors (Lipinski definition) is 2. The van der Waals surface area contributed by atoms with Crippen LogP contribution in [0.3, 0.4) is 0 Å². The summed E-state index contributed by atoms with van der Waals surface area (Å²) in [5.41, 5.74) is 6.96. The third-order valence-corrected chi connectivity index (χ3v) is 3.31. The summed E-state index contributed by atoms with van der Waals surface area (Å²) in [4.78, 5) is 0. The molecular weight excluding hydrogens is 279 g/mol. The number of anilines is 1. The number of nitrogen functional groups attached to an aromatic ring is 1. The Labute approximate surface area is 117 Å². The van der Waals surface area contributed by atoms with Gasteiger partial charge in [0, 0.05) is 12.1 Å². The Morgan fingerprint density at radius 2 is 1.71 bits per heavy atom. The minimum atomic E-state index is -0.190. The Morgan fingerprint density at radius 1 is 1.24 bits per heavy atom. The van der Waals surface area contributed by atoms with E-state index in [9.17, 15) is 0 Å². The molecule has 1 aromatic rings. The van der Waals surface area contributed by atoms with E-state index in [1.807, 2.05) is 0 Å². The van der Waals surface area contributed by atoms with Gasteiger partial charge in [-0.1, -0.05) is 23.2 Å². The molecule has 3 N–H and O–H groups in total. The molecule has 1 unspecified atom stereocenters. The van der Waals surface area contributed by atoms with Gasteiger partial charge in [-0.15, -0.1) is 11.6 Å². The highest BCUT2D eigenvalue weighted by atomic mass is 35.5. The lowest BCUT2D eigenvalue weighted by atomic mass is 10.1. The van der Waals surface area contributed by atoms with E-state index < -0.39 is 0 Å². The van der Waals surface area contributed by atoms with Crippen LogP contribution in [0, 0.1) is 0 Å². The van der Waals surface area contributed by atoms with Gasteiger partial charge in [-0.3, -0.25) is 0 Å². The van der Waals surface area contributed by atoms with E-state index in [4.69, 9.17) is 40.5 Å². The van der Waals surface area contributed by atoms with E-state index in [0.717, 1.165) is 5.56 Å². The molecule has 0 saturated heterocycles. The Balaban J connectivity index is 2.79. The zero-order chi connectivity index (χ0) is 13.2. The second-order valence-electron chi connectivity index (χ2n) is 5.00. The average Bonchev–Trinajstić information content (AvgIpc) is 2.20. The predicted molar refractivity (Wildman–Crippen MR) is 77.2 cm³/mol. The lowest BCUT2D eigenvalue weighted by Gasteiger charge is -2.23. The summed E-state index contributed by atoms with van der Waals surface area (Å²) in [6, 6.07) is 3.51. The van der Waals surface area contributed by atoms with Crippen molar-refractivity contribution in [1.82, 2.24) is 5.32 Å². The van der Waals surface area contributed by atoms with Crippen molar-refractivity contribution in [3.8, 4) is 0 Å². The first-order chi connectivity index (χ1) is 7.70. The fourth-order valence-electron chi connectivity index (χ4n) is 1.30. The number of hydrogen-bond donors (Lipinski definition) is 2. The third kappa shape index (κ3) is 4.55. The predicted octanol–water partition coefficient (Wildman–Crippen LogP) is 4.24. The minimum absolute atomic E-state index is 0.0224. The van der Waals surface area contributed by atoms with Gasteiger partial charge in [-0.25, -0.2) is 0 Å². The van der Waals surface area contributed by atoms with E-state index in [1.165, 1.54) is 0 Å². The van der Waals surface area contributed by atoms with E-state index in [0.29, 0.717) is 22.3 Å². The first kappa shape index (κ1) is 14.9. The van der Waals surface area contributed by atoms with Crippen molar-refractivity contribution in [3.05, 3.63) is 27.7 Å². The summed E-state index contributed by atoms with van der Waals surface area (Å²) in [7, 11) is 0. The second-order valence-corrected chi connectivity index (χ2v) is 6.34. The molecule has 0 heterocycles. The van der Waals surface area contributed by atoms with Gasteiger partial charge in [0.15, 0.2) is 0 Å². The highest BCUT2D eigenvalue weighted by Crippen LogP contribution is 2.33. The Hall–Kier alpha value is -0.150.